The summed E-state index contributed by atoms with van der Waals surface area (Å²) in [6.07, 6.45) is 9.48. The van der Waals surface area contributed by atoms with Gasteiger partial charge in [-0.1, -0.05) is 37.1 Å². The zero-order valence-corrected chi connectivity index (χ0v) is 21.5. The first-order chi connectivity index (χ1) is 18.1. The maximum absolute atomic E-state index is 12.4. The van der Waals surface area contributed by atoms with E-state index in [0.717, 1.165) is 59.6 Å². The maximum atomic E-state index is 12.4. The first-order valence-electron chi connectivity index (χ1n) is 13.5. The Morgan fingerprint density at radius 1 is 0.946 bits per heavy atom. The summed E-state index contributed by atoms with van der Waals surface area (Å²) in [6.45, 7) is 4.34. The molecule has 1 saturated heterocycles. The average Bonchev–Trinajstić information content (AvgIpc) is 3.59. The van der Waals surface area contributed by atoms with Crippen LogP contribution in [0.1, 0.15) is 32.1 Å². The monoisotopic (exact) mass is 493 g/mol. The van der Waals surface area contributed by atoms with Crippen molar-refractivity contribution in [1.82, 2.24) is 14.9 Å². The van der Waals surface area contributed by atoms with Crippen LogP contribution >= 0.6 is 0 Å². The SMILES string of the molecule is CN1CCN(c2ccc(-c3cnc4[nH]cc(-c5ccc(NC(=O)CC6CCCC6)cc5)c4c3)cc2)CC1. The Balaban J connectivity index is 1.18. The summed E-state index contributed by atoms with van der Waals surface area (Å²) in [5, 5.41) is 4.17. The lowest BCUT2D eigenvalue weighted by Gasteiger charge is -2.34. The highest BCUT2D eigenvalue weighted by Gasteiger charge is 2.19. The number of carbonyl (C=O) groups is 1. The van der Waals surface area contributed by atoms with E-state index in [1.807, 2.05) is 24.5 Å². The van der Waals surface area contributed by atoms with Crippen LogP contribution in [0.25, 0.3) is 33.3 Å². The molecule has 3 heterocycles. The highest BCUT2D eigenvalue weighted by Crippen LogP contribution is 2.33. The van der Waals surface area contributed by atoms with Gasteiger partial charge < -0.3 is 20.1 Å². The van der Waals surface area contributed by atoms with E-state index in [9.17, 15) is 4.79 Å². The van der Waals surface area contributed by atoms with Crippen LogP contribution in [0, 0.1) is 5.92 Å². The molecule has 4 aromatic rings. The molecule has 1 aliphatic carbocycles. The van der Waals surface area contributed by atoms with E-state index >= 15 is 0 Å². The molecule has 0 bridgehead atoms. The number of aromatic nitrogens is 2. The summed E-state index contributed by atoms with van der Waals surface area (Å²) in [5.41, 5.74) is 7.50. The number of fused-ring (bicyclic) bond motifs is 1. The van der Waals surface area contributed by atoms with E-state index in [0.29, 0.717) is 12.3 Å². The minimum Gasteiger partial charge on any atom is -0.369 e. The number of H-pyrrole nitrogens is 1. The normalized spacial score (nSPS) is 16.9. The van der Waals surface area contributed by atoms with Gasteiger partial charge in [0.15, 0.2) is 0 Å². The molecule has 1 saturated carbocycles. The molecule has 0 spiro atoms. The van der Waals surface area contributed by atoms with Crippen molar-refractivity contribution < 1.29 is 4.79 Å². The predicted molar refractivity (Wildman–Crippen MR) is 152 cm³/mol. The summed E-state index contributed by atoms with van der Waals surface area (Å²) in [4.78, 5) is 25.3. The molecule has 2 aromatic carbocycles. The van der Waals surface area contributed by atoms with E-state index in [4.69, 9.17) is 4.98 Å². The number of hydrogen-bond donors (Lipinski definition) is 2. The largest absolute Gasteiger partial charge is 0.369 e. The van der Waals surface area contributed by atoms with Crippen LogP contribution in [-0.4, -0.2) is 54.0 Å². The molecular formula is C31H35N5O. The number of piperazine rings is 1. The summed E-state index contributed by atoms with van der Waals surface area (Å²) in [5.74, 6) is 0.675. The van der Waals surface area contributed by atoms with Crippen molar-refractivity contribution in [1.29, 1.82) is 0 Å². The van der Waals surface area contributed by atoms with Crippen molar-refractivity contribution in [3.8, 4) is 22.3 Å². The van der Waals surface area contributed by atoms with Crippen LogP contribution in [0.4, 0.5) is 11.4 Å². The number of benzene rings is 2. The van der Waals surface area contributed by atoms with Gasteiger partial charge in [-0.15, -0.1) is 0 Å². The van der Waals surface area contributed by atoms with Gasteiger partial charge in [0, 0.05) is 72.9 Å². The minimum absolute atomic E-state index is 0.124. The number of amides is 1. The second kappa shape index (κ2) is 10.4. The second-order valence-electron chi connectivity index (χ2n) is 10.6. The third kappa shape index (κ3) is 5.25. The van der Waals surface area contributed by atoms with Crippen LogP contribution < -0.4 is 10.2 Å². The van der Waals surface area contributed by atoms with E-state index in [1.54, 1.807) is 0 Å². The van der Waals surface area contributed by atoms with E-state index in [1.165, 1.54) is 36.9 Å². The molecule has 1 aliphatic heterocycles. The molecule has 0 unspecified atom stereocenters. The quantitative estimate of drug-likeness (QED) is 0.337. The molecule has 2 aliphatic rings. The number of nitrogens with zero attached hydrogens (tertiary/aromatic N) is 3. The lowest BCUT2D eigenvalue weighted by molar-refractivity contribution is -0.117. The Hall–Kier alpha value is -3.64. The Morgan fingerprint density at radius 2 is 1.65 bits per heavy atom. The molecule has 190 valence electrons. The van der Waals surface area contributed by atoms with E-state index in [2.05, 4.69) is 69.6 Å². The van der Waals surface area contributed by atoms with Crippen LogP contribution in [0.5, 0.6) is 0 Å². The number of carbonyl (C=O) groups excluding carboxylic acids is 1. The molecular weight excluding hydrogens is 458 g/mol. The smallest absolute Gasteiger partial charge is 0.224 e. The van der Waals surface area contributed by atoms with Gasteiger partial charge in [-0.25, -0.2) is 4.98 Å². The standard InChI is InChI=1S/C31H35N5O/c1-35-14-16-36(17-15-35)27-12-8-23(9-13-27)25-19-28-29(21-33-31(28)32-20-25)24-6-10-26(11-7-24)34-30(37)18-22-4-2-3-5-22/h6-13,19-22H,2-5,14-18H2,1H3,(H,32,33)(H,34,37). The van der Waals surface area contributed by atoms with Gasteiger partial charge >= 0.3 is 0 Å². The number of nitrogens with one attached hydrogen (secondary N) is 2. The molecule has 2 fully saturated rings. The molecule has 2 N–H and O–H groups in total. The Morgan fingerprint density at radius 3 is 2.38 bits per heavy atom. The van der Waals surface area contributed by atoms with Crippen molar-refractivity contribution in [3.63, 3.8) is 0 Å². The van der Waals surface area contributed by atoms with E-state index < -0.39 is 0 Å². The lowest BCUT2D eigenvalue weighted by Crippen LogP contribution is -2.44. The summed E-state index contributed by atoms with van der Waals surface area (Å²) in [7, 11) is 2.18. The fourth-order valence-corrected chi connectivity index (χ4v) is 5.75. The van der Waals surface area contributed by atoms with E-state index in [-0.39, 0.29) is 5.91 Å². The van der Waals surface area contributed by atoms with Gasteiger partial charge in [0.1, 0.15) is 5.65 Å². The van der Waals surface area contributed by atoms with Crippen LogP contribution in [-0.2, 0) is 4.79 Å². The number of likely N-dealkylation sites (N-methyl/N-ethyl adjacent to an activating group) is 1. The van der Waals surface area contributed by atoms with Crippen LogP contribution in [0.2, 0.25) is 0 Å². The van der Waals surface area contributed by atoms with Crippen LogP contribution in [0.3, 0.4) is 0 Å². The van der Waals surface area contributed by atoms with Gasteiger partial charge in [0.05, 0.1) is 0 Å². The maximum Gasteiger partial charge on any atom is 0.224 e. The first kappa shape index (κ1) is 23.7. The topological polar surface area (TPSA) is 64.3 Å². The zero-order chi connectivity index (χ0) is 25.2. The average molecular weight is 494 g/mol. The number of rotatable bonds is 6. The number of pyridine rings is 1. The van der Waals surface area contributed by atoms with Gasteiger partial charge in [-0.05, 0) is 67.3 Å². The van der Waals surface area contributed by atoms with Gasteiger partial charge in [0.2, 0.25) is 5.91 Å². The summed E-state index contributed by atoms with van der Waals surface area (Å²) in [6, 6.07) is 19.2. The fourth-order valence-electron chi connectivity index (χ4n) is 5.75. The third-order valence-corrected chi connectivity index (χ3v) is 8.03. The molecule has 0 atom stereocenters. The summed E-state index contributed by atoms with van der Waals surface area (Å²) >= 11 is 0. The van der Waals surface area contributed by atoms with Crippen molar-refractivity contribution in [2.24, 2.45) is 5.92 Å². The number of anilines is 2. The summed E-state index contributed by atoms with van der Waals surface area (Å²) < 4.78 is 0. The molecule has 37 heavy (non-hydrogen) atoms. The number of hydrogen-bond acceptors (Lipinski definition) is 4. The molecule has 1 amide bonds. The minimum atomic E-state index is 0.124. The van der Waals surface area contributed by atoms with Crippen molar-refractivity contribution in [3.05, 3.63) is 67.0 Å². The third-order valence-electron chi connectivity index (χ3n) is 8.03. The molecule has 6 rings (SSSR count). The fraction of sp³-hybridized carbons (Fsp3) is 0.355. The Labute approximate surface area is 218 Å². The Bertz CT molecular complexity index is 1360. The predicted octanol–water partition coefficient (Wildman–Crippen LogP) is 6.17. The molecule has 6 heteroatoms. The van der Waals surface area contributed by atoms with Gasteiger partial charge in [-0.3, -0.25) is 4.79 Å². The van der Waals surface area contributed by atoms with Gasteiger partial charge in [0.25, 0.3) is 0 Å². The van der Waals surface area contributed by atoms with Gasteiger partial charge in [-0.2, -0.15) is 0 Å². The molecule has 0 radical (unpaired) electrons. The highest BCUT2D eigenvalue weighted by atomic mass is 16.1. The highest BCUT2D eigenvalue weighted by molar-refractivity contribution is 5.96. The van der Waals surface area contributed by atoms with Crippen molar-refractivity contribution in [2.75, 3.05) is 43.4 Å². The molecule has 2 aromatic heterocycles. The van der Waals surface area contributed by atoms with Crippen molar-refractivity contribution >= 4 is 28.3 Å². The number of aromatic amines is 1. The zero-order valence-electron chi connectivity index (χ0n) is 21.5. The van der Waals surface area contributed by atoms with Crippen LogP contribution in [0.15, 0.2) is 67.0 Å². The lowest BCUT2D eigenvalue weighted by atomic mass is 10.0. The van der Waals surface area contributed by atoms with Crippen molar-refractivity contribution in [2.45, 2.75) is 32.1 Å². The second-order valence-corrected chi connectivity index (χ2v) is 10.6. The Kier molecular flexibility index (Phi) is 6.66. The molecule has 6 nitrogen and oxygen atoms in total. The first-order valence-corrected chi connectivity index (χ1v) is 13.5.